The third-order valence-electron chi connectivity index (χ3n) is 3.60. The van der Waals surface area contributed by atoms with Gasteiger partial charge in [-0.05, 0) is 25.1 Å². The molecule has 20 heavy (non-hydrogen) atoms. The van der Waals surface area contributed by atoms with Crippen LogP contribution in [0.4, 0.5) is 4.39 Å². The number of hydrogen-bond donors (Lipinski definition) is 1. The van der Waals surface area contributed by atoms with Crippen LogP contribution in [0.15, 0.2) is 18.2 Å². The van der Waals surface area contributed by atoms with Crippen molar-refractivity contribution in [2.24, 2.45) is 0 Å². The number of ether oxygens (including phenoxy) is 1. The summed E-state index contributed by atoms with van der Waals surface area (Å²) in [4.78, 5) is 14.3. The highest BCUT2D eigenvalue weighted by Gasteiger charge is 2.20. The van der Waals surface area contributed by atoms with Gasteiger partial charge >= 0.3 is 0 Å². The Morgan fingerprint density at radius 1 is 1.55 bits per heavy atom. The van der Waals surface area contributed by atoms with E-state index >= 15 is 0 Å². The highest BCUT2D eigenvalue weighted by Crippen LogP contribution is 2.12. The van der Waals surface area contributed by atoms with E-state index in [1.807, 2.05) is 0 Å². The lowest BCUT2D eigenvalue weighted by Gasteiger charge is -2.32. The minimum Gasteiger partial charge on any atom is -0.374 e. The summed E-state index contributed by atoms with van der Waals surface area (Å²) in [7, 11) is 0. The largest absolute Gasteiger partial charge is 0.374 e. The molecule has 1 saturated heterocycles. The van der Waals surface area contributed by atoms with Gasteiger partial charge in [0.2, 0.25) is 0 Å². The predicted octanol–water partition coefficient (Wildman–Crippen LogP) is 1.58. The van der Waals surface area contributed by atoms with Gasteiger partial charge in [-0.1, -0.05) is 19.1 Å². The number of likely N-dealkylation sites (N-methyl/N-ethyl adjacent to an activating group) is 1. The first-order valence-corrected chi connectivity index (χ1v) is 6.99. The Labute approximate surface area is 118 Å². The third kappa shape index (κ3) is 3.55. The molecule has 0 aliphatic carbocycles. The molecule has 1 aromatic rings. The maximum atomic E-state index is 13.8. The second kappa shape index (κ2) is 6.81. The van der Waals surface area contributed by atoms with Crippen molar-refractivity contribution in [2.45, 2.75) is 20.0 Å². The van der Waals surface area contributed by atoms with Crippen LogP contribution in [-0.4, -0.2) is 49.7 Å². The van der Waals surface area contributed by atoms with Gasteiger partial charge in [0, 0.05) is 19.6 Å². The molecule has 110 valence electrons. The summed E-state index contributed by atoms with van der Waals surface area (Å²) in [5, 5.41) is 2.75. The summed E-state index contributed by atoms with van der Waals surface area (Å²) in [6.45, 7) is 7.52. The fourth-order valence-electron chi connectivity index (χ4n) is 2.32. The first-order chi connectivity index (χ1) is 9.61. The molecule has 1 amide bonds. The molecule has 0 spiro atoms. The van der Waals surface area contributed by atoms with Crippen LogP contribution in [0.2, 0.25) is 0 Å². The number of nitrogens with one attached hydrogen (secondary N) is 1. The molecule has 0 radical (unpaired) electrons. The molecule has 1 fully saturated rings. The number of amides is 1. The monoisotopic (exact) mass is 280 g/mol. The highest BCUT2D eigenvalue weighted by atomic mass is 19.1. The standard InChI is InChI=1S/C15H21FN2O2/c1-3-18-7-8-20-12(10-18)9-17-15(19)13-6-4-5-11(2)14(13)16/h4-6,12H,3,7-10H2,1-2H3,(H,17,19). The molecular formula is C15H21FN2O2. The second-order valence-electron chi connectivity index (χ2n) is 5.03. The number of nitrogens with zero attached hydrogens (tertiary/aromatic N) is 1. The number of halogens is 1. The molecule has 1 atom stereocenters. The molecule has 2 rings (SSSR count). The second-order valence-corrected chi connectivity index (χ2v) is 5.03. The van der Waals surface area contributed by atoms with Crippen molar-refractivity contribution >= 4 is 5.91 Å². The summed E-state index contributed by atoms with van der Waals surface area (Å²) in [6, 6.07) is 4.83. The molecule has 1 aliphatic heterocycles. The van der Waals surface area contributed by atoms with Crippen LogP contribution in [0.1, 0.15) is 22.8 Å². The van der Waals surface area contributed by atoms with Crippen molar-refractivity contribution in [2.75, 3.05) is 32.8 Å². The van der Waals surface area contributed by atoms with E-state index in [9.17, 15) is 9.18 Å². The molecule has 5 heteroatoms. The smallest absolute Gasteiger partial charge is 0.254 e. The summed E-state index contributed by atoms with van der Waals surface area (Å²) >= 11 is 0. The van der Waals surface area contributed by atoms with Crippen LogP contribution in [0.5, 0.6) is 0 Å². The fourth-order valence-corrected chi connectivity index (χ4v) is 2.32. The van der Waals surface area contributed by atoms with E-state index in [1.165, 1.54) is 6.07 Å². The van der Waals surface area contributed by atoms with E-state index < -0.39 is 5.82 Å². The van der Waals surface area contributed by atoms with Gasteiger partial charge in [0.15, 0.2) is 0 Å². The van der Waals surface area contributed by atoms with Crippen LogP contribution in [0.25, 0.3) is 0 Å². The van der Waals surface area contributed by atoms with Crippen molar-refractivity contribution in [3.8, 4) is 0 Å². The lowest BCUT2D eigenvalue weighted by Crippen LogP contribution is -2.47. The molecule has 1 heterocycles. The Morgan fingerprint density at radius 3 is 3.10 bits per heavy atom. The number of hydrogen-bond acceptors (Lipinski definition) is 3. The van der Waals surface area contributed by atoms with Gasteiger partial charge in [-0.3, -0.25) is 9.69 Å². The van der Waals surface area contributed by atoms with Crippen LogP contribution < -0.4 is 5.32 Å². The lowest BCUT2D eigenvalue weighted by molar-refractivity contribution is -0.0246. The predicted molar refractivity (Wildman–Crippen MR) is 75.3 cm³/mol. The van der Waals surface area contributed by atoms with Crippen LogP contribution in [-0.2, 0) is 4.74 Å². The van der Waals surface area contributed by atoms with Gasteiger partial charge in [0.25, 0.3) is 5.91 Å². The first kappa shape index (κ1) is 14.9. The topological polar surface area (TPSA) is 41.6 Å². The minimum absolute atomic E-state index is 0.0273. The molecule has 0 bridgehead atoms. The summed E-state index contributed by atoms with van der Waals surface area (Å²) in [5.41, 5.74) is 0.567. The number of aryl methyl sites for hydroxylation is 1. The SMILES string of the molecule is CCN1CCOC(CNC(=O)c2cccc(C)c2F)C1. The molecule has 1 N–H and O–H groups in total. The average molecular weight is 280 g/mol. The molecule has 0 aromatic heterocycles. The van der Waals surface area contributed by atoms with E-state index in [0.29, 0.717) is 18.7 Å². The van der Waals surface area contributed by atoms with Crippen molar-refractivity contribution in [1.29, 1.82) is 0 Å². The lowest BCUT2D eigenvalue weighted by atomic mass is 10.1. The Kier molecular flexibility index (Phi) is 5.09. The molecule has 4 nitrogen and oxygen atoms in total. The Morgan fingerprint density at radius 2 is 2.35 bits per heavy atom. The van der Waals surface area contributed by atoms with Gasteiger partial charge in [-0.2, -0.15) is 0 Å². The summed E-state index contributed by atoms with van der Waals surface area (Å²) in [5.74, 6) is -0.840. The normalized spacial score (nSPS) is 19.9. The minimum atomic E-state index is -0.454. The maximum absolute atomic E-state index is 13.8. The molecule has 1 aliphatic rings. The van der Waals surface area contributed by atoms with E-state index in [4.69, 9.17) is 4.74 Å². The van der Waals surface area contributed by atoms with E-state index in [0.717, 1.165) is 19.6 Å². The van der Waals surface area contributed by atoms with E-state index in [1.54, 1.807) is 19.1 Å². The summed E-state index contributed by atoms with van der Waals surface area (Å²) in [6.07, 6.45) is -0.0273. The first-order valence-electron chi connectivity index (χ1n) is 6.99. The van der Waals surface area contributed by atoms with Crippen molar-refractivity contribution in [3.05, 3.63) is 35.1 Å². The van der Waals surface area contributed by atoms with Crippen molar-refractivity contribution in [1.82, 2.24) is 10.2 Å². The van der Waals surface area contributed by atoms with Crippen LogP contribution in [0.3, 0.4) is 0 Å². The van der Waals surface area contributed by atoms with Gasteiger partial charge in [0.05, 0.1) is 18.3 Å². The number of carbonyl (C=O) groups is 1. The Hall–Kier alpha value is -1.46. The molecule has 0 saturated carbocycles. The van der Waals surface area contributed by atoms with E-state index in [-0.39, 0.29) is 17.6 Å². The molecule has 1 aromatic carbocycles. The number of benzene rings is 1. The molecule has 1 unspecified atom stereocenters. The van der Waals surface area contributed by atoms with Gasteiger partial charge < -0.3 is 10.1 Å². The molecular weight excluding hydrogens is 259 g/mol. The van der Waals surface area contributed by atoms with Gasteiger partial charge in [-0.15, -0.1) is 0 Å². The quantitative estimate of drug-likeness (QED) is 0.910. The van der Waals surface area contributed by atoms with Crippen molar-refractivity contribution in [3.63, 3.8) is 0 Å². The summed E-state index contributed by atoms with van der Waals surface area (Å²) < 4.78 is 19.4. The maximum Gasteiger partial charge on any atom is 0.254 e. The Balaban J connectivity index is 1.90. The zero-order chi connectivity index (χ0) is 14.5. The third-order valence-corrected chi connectivity index (χ3v) is 3.60. The van der Waals surface area contributed by atoms with Gasteiger partial charge in [-0.25, -0.2) is 4.39 Å². The van der Waals surface area contributed by atoms with Crippen molar-refractivity contribution < 1.29 is 13.9 Å². The van der Waals surface area contributed by atoms with Crippen LogP contribution >= 0.6 is 0 Å². The van der Waals surface area contributed by atoms with E-state index in [2.05, 4.69) is 17.1 Å². The van der Waals surface area contributed by atoms with Crippen LogP contribution in [0, 0.1) is 12.7 Å². The zero-order valence-corrected chi connectivity index (χ0v) is 12.0. The number of carbonyl (C=O) groups excluding carboxylic acids is 1. The highest BCUT2D eigenvalue weighted by molar-refractivity contribution is 5.94. The van der Waals surface area contributed by atoms with Gasteiger partial charge in [0.1, 0.15) is 5.82 Å². The fraction of sp³-hybridized carbons (Fsp3) is 0.533. The number of rotatable bonds is 4. The zero-order valence-electron chi connectivity index (χ0n) is 12.0. The average Bonchev–Trinajstić information content (AvgIpc) is 2.48. The number of morpholine rings is 1. The Bertz CT molecular complexity index is 479.